The largest absolute Gasteiger partial charge is 0.501 e. The quantitative estimate of drug-likeness (QED) is 0.488. The minimum absolute atomic E-state index is 0.245. The maximum absolute atomic E-state index is 8.62. The number of ether oxygens (including phenoxy) is 1. The molecule has 1 N–H and O–H groups in total. The van der Waals surface area contributed by atoms with Crippen LogP contribution in [0, 0.1) is 5.92 Å². The zero-order chi connectivity index (χ0) is 9.40. The van der Waals surface area contributed by atoms with Gasteiger partial charge in [0.15, 0.2) is 0 Å². The van der Waals surface area contributed by atoms with Crippen LogP contribution >= 0.6 is 0 Å². The Morgan fingerprint density at radius 3 is 2.75 bits per heavy atom. The molecule has 2 heteroatoms. The molecule has 0 saturated heterocycles. The molecule has 0 radical (unpaired) electrons. The SMILES string of the molecule is C=C/C=C(/OC)C(C)CCCO. The molecule has 0 heterocycles. The van der Waals surface area contributed by atoms with Gasteiger partial charge in [0.25, 0.3) is 0 Å². The van der Waals surface area contributed by atoms with Crippen molar-refractivity contribution in [1.29, 1.82) is 0 Å². The first kappa shape index (κ1) is 11.2. The van der Waals surface area contributed by atoms with Crippen molar-refractivity contribution in [3.8, 4) is 0 Å². The summed E-state index contributed by atoms with van der Waals surface area (Å²) in [7, 11) is 1.66. The van der Waals surface area contributed by atoms with Gasteiger partial charge in [-0.3, -0.25) is 0 Å². The first-order chi connectivity index (χ1) is 5.76. The van der Waals surface area contributed by atoms with Crippen molar-refractivity contribution < 1.29 is 9.84 Å². The Hall–Kier alpha value is -0.760. The van der Waals surface area contributed by atoms with Crippen molar-refractivity contribution >= 4 is 0 Å². The third-order valence-corrected chi connectivity index (χ3v) is 1.80. The Kier molecular flexibility index (Phi) is 6.48. The van der Waals surface area contributed by atoms with Gasteiger partial charge in [0, 0.05) is 12.5 Å². The highest BCUT2D eigenvalue weighted by Gasteiger charge is 2.06. The molecular formula is C10H18O2. The third-order valence-electron chi connectivity index (χ3n) is 1.80. The molecule has 0 saturated carbocycles. The lowest BCUT2D eigenvalue weighted by atomic mass is 10.0. The van der Waals surface area contributed by atoms with Gasteiger partial charge < -0.3 is 9.84 Å². The summed E-state index contributed by atoms with van der Waals surface area (Å²) in [6, 6.07) is 0. The summed E-state index contributed by atoms with van der Waals surface area (Å²) < 4.78 is 5.16. The fourth-order valence-electron chi connectivity index (χ4n) is 1.09. The number of aliphatic hydroxyl groups excluding tert-OH is 1. The van der Waals surface area contributed by atoms with Gasteiger partial charge in [-0.15, -0.1) is 0 Å². The molecule has 1 unspecified atom stereocenters. The number of hydrogen-bond acceptors (Lipinski definition) is 2. The summed E-state index contributed by atoms with van der Waals surface area (Å²) in [5.41, 5.74) is 0. The smallest absolute Gasteiger partial charge is 0.0983 e. The first-order valence-corrected chi connectivity index (χ1v) is 4.23. The van der Waals surface area contributed by atoms with Crippen LogP contribution in [0.15, 0.2) is 24.5 Å². The van der Waals surface area contributed by atoms with Crippen molar-refractivity contribution in [2.45, 2.75) is 19.8 Å². The Labute approximate surface area is 74.6 Å². The van der Waals surface area contributed by atoms with Crippen LogP contribution < -0.4 is 0 Å². The number of rotatable bonds is 6. The van der Waals surface area contributed by atoms with E-state index in [1.165, 1.54) is 0 Å². The maximum Gasteiger partial charge on any atom is 0.0983 e. The van der Waals surface area contributed by atoms with Gasteiger partial charge >= 0.3 is 0 Å². The summed E-state index contributed by atoms with van der Waals surface area (Å²) in [6.45, 7) is 5.93. The lowest BCUT2D eigenvalue weighted by Gasteiger charge is -2.13. The molecule has 0 amide bonds. The minimum atomic E-state index is 0.245. The summed E-state index contributed by atoms with van der Waals surface area (Å²) in [6.07, 6.45) is 5.35. The molecular weight excluding hydrogens is 152 g/mol. The van der Waals surface area contributed by atoms with E-state index in [9.17, 15) is 0 Å². The van der Waals surface area contributed by atoms with Crippen molar-refractivity contribution in [3.05, 3.63) is 24.5 Å². The fraction of sp³-hybridized carbons (Fsp3) is 0.600. The molecule has 70 valence electrons. The van der Waals surface area contributed by atoms with Gasteiger partial charge in [-0.2, -0.15) is 0 Å². The van der Waals surface area contributed by atoms with Crippen LogP contribution in [0.25, 0.3) is 0 Å². The number of methoxy groups -OCH3 is 1. The van der Waals surface area contributed by atoms with E-state index < -0.39 is 0 Å². The predicted octanol–water partition coefficient (Wildman–Crippen LogP) is 2.11. The molecule has 0 rings (SSSR count). The van der Waals surface area contributed by atoms with E-state index >= 15 is 0 Å². The van der Waals surface area contributed by atoms with E-state index in [1.54, 1.807) is 13.2 Å². The number of aliphatic hydroxyl groups is 1. The maximum atomic E-state index is 8.62. The Morgan fingerprint density at radius 1 is 1.67 bits per heavy atom. The van der Waals surface area contributed by atoms with Crippen LogP contribution in [-0.4, -0.2) is 18.8 Å². The zero-order valence-corrected chi connectivity index (χ0v) is 7.92. The number of allylic oxidation sites excluding steroid dienone is 3. The standard InChI is InChI=1S/C10H18O2/c1-4-6-10(12-3)9(2)7-5-8-11/h4,6,9,11H,1,5,7-8H2,2-3H3/b10-6+. The zero-order valence-electron chi connectivity index (χ0n) is 7.92. The number of hydrogen-bond donors (Lipinski definition) is 1. The first-order valence-electron chi connectivity index (χ1n) is 4.23. The van der Waals surface area contributed by atoms with Gasteiger partial charge in [0.05, 0.1) is 12.9 Å². The highest BCUT2D eigenvalue weighted by molar-refractivity contribution is 5.06. The molecule has 0 aromatic rings. The van der Waals surface area contributed by atoms with Crippen LogP contribution in [0.4, 0.5) is 0 Å². The van der Waals surface area contributed by atoms with E-state index in [0.29, 0.717) is 5.92 Å². The lowest BCUT2D eigenvalue weighted by Crippen LogP contribution is -2.02. The minimum Gasteiger partial charge on any atom is -0.501 e. The van der Waals surface area contributed by atoms with E-state index in [-0.39, 0.29) is 6.61 Å². The molecule has 0 fully saturated rings. The Morgan fingerprint density at radius 2 is 2.33 bits per heavy atom. The topological polar surface area (TPSA) is 29.5 Å². The molecule has 0 bridgehead atoms. The molecule has 0 aliphatic rings. The normalized spacial score (nSPS) is 14.1. The van der Waals surface area contributed by atoms with Crippen LogP contribution in [0.5, 0.6) is 0 Å². The summed E-state index contributed by atoms with van der Waals surface area (Å²) in [4.78, 5) is 0. The van der Waals surface area contributed by atoms with E-state index in [4.69, 9.17) is 9.84 Å². The second kappa shape index (κ2) is 6.92. The van der Waals surface area contributed by atoms with Gasteiger partial charge in [-0.25, -0.2) is 0 Å². The van der Waals surface area contributed by atoms with Crippen molar-refractivity contribution in [2.75, 3.05) is 13.7 Å². The molecule has 12 heavy (non-hydrogen) atoms. The lowest BCUT2D eigenvalue weighted by molar-refractivity contribution is 0.227. The van der Waals surface area contributed by atoms with Crippen molar-refractivity contribution in [1.82, 2.24) is 0 Å². The van der Waals surface area contributed by atoms with E-state index in [2.05, 4.69) is 13.5 Å². The van der Waals surface area contributed by atoms with Crippen LogP contribution in [0.2, 0.25) is 0 Å². The summed E-state index contributed by atoms with van der Waals surface area (Å²) in [5, 5.41) is 8.62. The molecule has 2 nitrogen and oxygen atoms in total. The monoisotopic (exact) mass is 170 g/mol. The molecule has 0 aromatic heterocycles. The second-order valence-electron chi connectivity index (χ2n) is 2.78. The molecule has 0 aliphatic heterocycles. The van der Waals surface area contributed by atoms with E-state index in [1.807, 2.05) is 6.08 Å². The average Bonchev–Trinajstić information content (AvgIpc) is 2.10. The van der Waals surface area contributed by atoms with Gasteiger partial charge in [-0.1, -0.05) is 19.6 Å². The van der Waals surface area contributed by atoms with Crippen LogP contribution in [0.1, 0.15) is 19.8 Å². The Balaban J connectivity index is 3.93. The summed E-state index contributed by atoms with van der Waals surface area (Å²) in [5.74, 6) is 1.29. The van der Waals surface area contributed by atoms with Crippen molar-refractivity contribution in [2.24, 2.45) is 5.92 Å². The average molecular weight is 170 g/mol. The molecule has 0 aliphatic carbocycles. The van der Waals surface area contributed by atoms with E-state index in [0.717, 1.165) is 18.6 Å². The predicted molar refractivity (Wildman–Crippen MR) is 50.8 cm³/mol. The highest BCUT2D eigenvalue weighted by Crippen LogP contribution is 2.16. The summed E-state index contributed by atoms with van der Waals surface area (Å²) >= 11 is 0. The van der Waals surface area contributed by atoms with Gasteiger partial charge in [0.1, 0.15) is 0 Å². The highest BCUT2D eigenvalue weighted by atomic mass is 16.5. The molecule has 1 atom stereocenters. The second-order valence-corrected chi connectivity index (χ2v) is 2.78. The van der Waals surface area contributed by atoms with Gasteiger partial charge in [-0.05, 0) is 18.9 Å². The molecule has 0 spiro atoms. The molecule has 0 aromatic carbocycles. The fourth-order valence-corrected chi connectivity index (χ4v) is 1.09. The van der Waals surface area contributed by atoms with Crippen LogP contribution in [0.3, 0.4) is 0 Å². The van der Waals surface area contributed by atoms with Gasteiger partial charge in [0.2, 0.25) is 0 Å². The van der Waals surface area contributed by atoms with Crippen LogP contribution in [-0.2, 0) is 4.74 Å². The van der Waals surface area contributed by atoms with Crippen molar-refractivity contribution in [3.63, 3.8) is 0 Å². The third kappa shape index (κ3) is 4.19. The Bertz CT molecular complexity index is 150.